The molecule has 2 aromatic rings. The highest BCUT2D eigenvalue weighted by atomic mass is 19.1. The molecular weight excluding hydrogens is 309 g/mol. The van der Waals surface area contributed by atoms with E-state index in [9.17, 15) is 14.0 Å². The lowest BCUT2D eigenvalue weighted by Gasteiger charge is -2.23. The fourth-order valence-electron chi connectivity index (χ4n) is 2.41. The zero-order valence-electron chi connectivity index (χ0n) is 13.8. The molecule has 2 rings (SSSR count). The summed E-state index contributed by atoms with van der Waals surface area (Å²) in [6, 6.07) is 13.4. The molecule has 5 heteroatoms. The minimum atomic E-state index is -0.498. The average Bonchev–Trinajstić information content (AvgIpc) is 2.56. The quantitative estimate of drug-likeness (QED) is 0.764. The Kier molecular flexibility index (Phi) is 6.07. The van der Waals surface area contributed by atoms with Gasteiger partial charge in [0.15, 0.2) is 0 Å². The Morgan fingerprint density at radius 2 is 1.75 bits per heavy atom. The fourth-order valence-corrected chi connectivity index (χ4v) is 2.41. The molecule has 4 nitrogen and oxygen atoms in total. The van der Waals surface area contributed by atoms with E-state index in [-0.39, 0.29) is 25.5 Å². The first-order chi connectivity index (χ1) is 11.5. The van der Waals surface area contributed by atoms with Crippen LogP contribution in [0.25, 0.3) is 0 Å². The highest BCUT2D eigenvalue weighted by Crippen LogP contribution is 2.21. The molecule has 0 saturated heterocycles. The van der Waals surface area contributed by atoms with Gasteiger partial charge in [0, 0.05) is 5.69 Å². The number of para-hydroxylation sites is 1. The molecule has 1 amide bonds. The third-order valence-corrected chi connectivity index (χ3v) is 3.60. The molecule has 2 aromatic carbocycles. The van der Waals surface area contributed by atoms with Crippen LogP contribution in [0.2, 0.25) is 0 Å². The van der Waals surface area contributed by atoms with E-state index in [1.165, 1.54) is 11.0 Å². The largest absolute Gasteiger partial charge is 0.465 e. The SMILES string of the molecule is CCOC(=O)CN(C(=O)Cc1ccccc1F)c1ccccc1C. The Bertz CT molecular complexity index is 730. The Morgan fingerprint density at radius 3 is 2.42 bits per heavy atom. The molecule has 0 aliphatic heterocycles. The van der Waals surface area contributed by atoms with Crippen molar-refractivity contribution in [2.45, 2.75) is 20.3 Å². The van der Waals surface area contributed by atoms with Gasteiger partial charge in [-0.05, 0) is 37.1 Å². The number of nitrogens with zero attached hydrogens (tertiary/aromatic N) is 1. The number of amides is 1. The second-order valence-electron chi connectivity index (χ2n) is 5.34. The first-order valence-electron chi connectivity index (χ1n) is 7.78. The summed E-state index contributed by atoms with van der Waals surface area (Å²) in [5.41, 5.74) is 1.76. The zero-order valence-corrected chi connectivity index (χ0v) is 13.8. The minimum absolute atomic E-state index is 0.125. The van der Waals surface area contributed by atoms with Crippen molar-refractivity contribution in [1.29, 1.82) is 0 Å². The molecule has 0 N–H and O–H groups in total. The first kappa shape index (κ1) is 17.7. The topological polar surface area (TPSA) is 46.6 Å². The number of ether oxygens (including phenoxy) is 1. The van der Waals surface area contributed by atoms with Gasteiger partial charge in [0.25, 0.3) is 0 Å². The van der Waals surface area contributed by atoms with Gasteiger partial charge in [0.2, 0.25) is 5.91 Å². The van der Waals surface area contributed by atoms with Crippen LogP contribution in [0.4, 0.5) is 10.1 Å². The second-order valence-corrected chi connectivity index (χ2v) is 5.34. The maximum Gasteiger partial charge on any atom is 0.326 e. The second kappa shape index (κ2) is 8.24. The summed E-state index contributed by atoms with van der Waals surface area (Å²) in [6.45, 7) is 3.59. The Balaban J connectivity index is 2.28. The van der Waals surface area contributed by atoms with Crippen molar-refractivity contribution in [3.8, 4) is 0 Å². The molecule has 0 radical (unpaired) electrons. The minimum Gasteiger partial charge on any atom is -0.465 e. The van der Waals surface area contributed by atoms with Gasteiger partial charge >= 0.3 is 5.97 Å². The number of halogens is 1. The van der Waals surface area contributed by atoms with Crippen LogP contribution >= 0.6 is 0 Å². The van der Waals surface area contributed by atoms with Gasteiger partial charge in [-0.2, -0.15) is 0 Å². The van der Waals surface area contributed by atoms with Crippen molar-refractivity contribution in [1.82, 2.24) is 0 Å². The highest BCUT2D eigenvalue weighted by Gasteiger charge is 2.22. The summed E-state index contributed by atoms with van der Waals surface area (Å²) in [6.07, 6.45) is -0.125. The summed E-state index contributed by atoms with van der Waals surface area (Å²) >= 11 is 0. The Labute approximate surface area is 140 Å². The third kappa shape index (κ3) is 4.41. The Hall–Kier alpha value is -2.69. The van der Waals surface area contributed by atoms with Gasteiger partial charge < -0.3 is 9.64 Å². The van der Waals surface area contributed by atoms with E-state index >= 15 is 0 Å². The summed E-state index contributed by atoms with van der Waals surface area (Å²) in [5.74, 6) is -1.29. The van der Waals surface area contributed by atoms with Crippen LogP contribution in [0.3, 0.4) is 0 Å². The molecule has 126 valence electrons. The predicted octanol–water partition coefficient (Wildman–Crippen LogP) is 3.27. The summed E-state index contributed by atoms with van der Waals surface area (Å²) in [5, 5.41) is 0. The van der Waals surface area contributed by atoms with E-state index in [1.54, 1.807) is 37.3 Å². The molecule has 0 spiro atoms. The molecule has 24 heavy (non-hydrogen) atoms. The number of carbonyl (C=O) groups is 2. The highest BCUT2D eigenvalue weighted by molar-refractivity contribution is 5.99. The number of carbonyl (C=O) groups excluding carboxylic acids is 2. The smallest absolute Gasteiger partial charge is 0.326 e. The van der Waals surface area contributed by atoms with Crippen LogP contribution in [0.15, 0.2) is 48.5 Å². The van der Waals surface area contributed by atoms with Crippen LogP contribution < -0.4 is 4.90 Å². The van der Waals surface area contributed by atoms with E-state index in [0.29, 0.717) is 11.3 Å². The summed E-state index contributed by atoms with van der Waals surface area (Å²) < 4.78 is 18.8. The van der Waals surface area contributed by atoms with E-state index in [4.69, 9.17) is 4.74 Å². The number of hydrogen-bond donors (Lipinski definition) is 0. The lowest BCUT2D eigenvalue weighted by molar-refractivity contribution is -0.142. The van der Waals surface area contributed by atoms with E-state index in [0.717, 1.165) is 5.56 Å². The monoisotopic (exact) mass is 329 g/mol. The molecule has 0 unspecified atom stereocenters. The molecule has 0 heterocycles. The van der Waals surface area contributed by atoms with Crippen LogP contribution in [-0.2, 0) is 20.7 Å². The molecular formula is C19H20FNO3. The molecule has 0 bridgehead atoms. The van der Waals surface area contributed by atoms with Crippen LogP contribution in [0, 0.1) is 12.7 Å². The molecule has 0 fully saturated rings. The number of anilines is 1. The first-order valence-corrected chi connectivity index (χ1v) is 7.78. The van der Waals surface area contributed by atoms with Gasteiger partial charge in [-0.25, -0.2) is 4.39 Å². The van der Waals surface area contributed by atoms with E-state index in [2.05, 4.69) is 0 Å². The van der Waals surface area contributed by atoms with Crippen LogP contribution in [0.1, 0.15) is 18.1 Å². The number of benzene rings is 2. The van der Waals surface area contributed by atoms with Crippen molar-refractivity contribution in [2.75, 3.05) is 18.1 Å². The van der Waals surface area contributed by atoms with E-state index in [1.807, 2.05) is 19.1 Å². The zero-order chi connectivity index (χ0) is 17.5. The molecule has 0 aliphatic carbocycles. The van der Waals surface area contributed by atoms with Gasteiger partial charge in [-0.15, -0.1) is 0 Å². The maximum atomic E-state index is 13.8. The maximum absolute atomic E-state index is 13.8. The van der Waals surface area contributed by atoms with Gasteiger partial charge in [0.05, 0.1) is 13.0 Å². The number of aryl methyl sites for hydroxylation is 1. The van der Waals surface area contributed by atoms with Gasteiger partial charge in [-0.1, -0.05) is 36.4 Å². The van der Waals surface area contributed by atoms with Gasteiger partial charge in [-0.3, -0.25) is 9.59 Å². The number of esters is 1. The molecule has 0 atom stereocenters. The molecule has 0 aromatic heterocycles. The number of rotatable bonds is 6. The van der Waals surface area contributed by atoms with Crippen LogP contribution in [-0.4, -0.2) is 25.0 Å². The molecule has 0 saturated carbocycles. The molecule has 0 aliphatic rings. The average molecular weight is 329 g/mol. The standard InChI is InChI=1S/C19H20FNO3/c1-3-24-19(23)13-21(17-11-7-4-8-14(17)2)18(22)12-15-9-5-6-10-16(15)20/h4-11H,3,12-13H2,1-2H3. The number of hydrogen-bond acceptors (Lipinski definition) is 3. The van der Waals surface area contributed by atoms with Crippen molar-refractivity contribution in [3.05, 3.63) is 65.5 Å². The van der Waals surface area contributed by atoms with Crippen molar-refractivity contribution in [3.63, 3.8) is 0 Å². The lowest BCUT2D eigenvalue weighted by atomic mass is 10.1. The lowest BCUT2D eigenvalue weighted by Crippen LogP contribution is -2.38. The van der Waals surface area contributed by atoms with Gasteiger partial charge in [0.1, 0.15) is 12.4 Å². The normalized spacial score (nSPS) is 10.3. The fraction of sp³-hybridized carbons (Fsp3) is 0.263. The third-order valence-electron chi connectivity index (χ3n) is 3.60. The van der Waals surface area contributed by atoms with Crippen LogP contribution in [0.5, 0.6) is 0 Å². The van der Waals surface area contributed by atoms with E-state index < -0.39 is 11.8 Å². The van der Waals surface area contributed by atoms with Crippen molar-refractivity contribution >= 4 is 17.6 Å². The predicted molar refractivity (Wildman–Crippen MR) is 90.3 cm³/mol. The Morgan fingerprint density at radius 1 is 1.08 bits per heavy atom. The summed E-state index contributed by atoms with van der Waals surface area (Å²) in [7, 11) is 0. The summed E-state index contributed by atoms with van der Waals surface area (Å²) in [4.78, 5) is 25.9. The van der Waals surface area contributed by atoms with Crippen molar-refractivity contribution < 1.29 is 18.7 Å². The van der Waals surface area contributed by atoms with Crippen molar-refractivity contribution in [2.24, 2.45) is 0 Å².